The van der Waals surface area contributed by atoms with Gasteiger partial charge in [-0.05, 0) is 53.5 Å². The minimum Gasteiger partial charge on any atom is -0.399 e. The quantitative estimate of drug-likeness (QED) is 0.853. The maximum absolute atomic E-state index is 9.51. The molecule has 1 aromatic heterocycles. The molecule has 2 heterocycles. The highest BCUT2D eigenvalue weighted by atomic mass is 16.7. The highest BCUT2D eigenvalue weighted by molar-refractivity contribution is 6.62. The molecule has 1 aliphatic heterocycles. The molecule has 1 aliphatic rings. The van der Waals surface area contributed by atoms with Crippen molar-refractivity contribution in [2.45, 2.75) is 65.3 Å². The summed E-state index contributed by atoms with van der Waals surface area (Å²) in [5.41, 5.74) is 2.13. The van der Waals surface area contributed by atoms with Gasteiger partial charge in [-0.25, -0.2) is 0 Å². The average molecular weight is 277 g/mol. The van der Waals surface area contributed by atoms with E-state index in [4.69, 9.17) is 9.31 Å². The zero-order chi connectivity index (χ0) is 15.1. The van der Waals surface area contributed by atoms with Crippen LogP contribution < -0.4 is 5.46 Å². The van der Waals surface area contributed by atoms with Crippen molar-refractivity contribution in [3.63, 3.8) is 0 Å². The zero-order valence-electron chi connectivity index (χ0n) is 13.2. The average Bonchev–Trinajstić information content (AvgIpc) is 2.50. The Bertz CT molecular complexity index is 484. The molecule has 5 heteroatoms. The molecule has 110 valence electrons. The van der Waals surface area contributed by atoms with Gasteiger partial charge in [0.1, 0.15) is 0 Å². The predicted molar refractivity (Wildman–Crippen MR) is 80.1 cm³/mol. The summed E-state index contributed by atoms with van der Waals surface area (Å²) in [5.74, 6) is 0. The maximum atomic E-state index is 9.51. The Balaban J connectivity index is 2.30. The summed E-state index contributed by atoms with van der Waals surface area (Å²) >= 11 is 0. The van der Waals surface area contributed by atoms with Crippen LogP contribution in [0, 0.1) is 6.92 Å². The summed E-state index contributed by atoms with van der Waals surface area (Å²) in [6, 6.07) is 2.02. The molecule has 2 rings (SSSR count). The molecule has 1 atom stereocenters. The number of aliphatic hydroxyl groups is 1. The Morgan fingerprint density at radius 1 is 1.25 bits per heavy atom. The van der Waals surface area contributed by atoms with E-state index < -0.39 is 7.12 Å². The van der Waals surface area contributed by atoms with Crippen LogP contribution in [0.5, 0.6) is 0 Å². The Hall–Kier alpha value is -0.905. The first kappa shape index (κ1) is 15.5. The van der Waals surface area contributed by atoms with Crippen LogP contribution in [0.4, 0.5) is 0 Å². The number of hydrogen-bond donors (Lipinski definition) is 1. The molecule has 1 fully saturated rings. The molecule has 0 radical (unpaired) electrons. The molecule has 0 saturated carbocycles. The highest BCUT2D eigenvalue weighted by Crippen LogP contribution is 2.36. The van der Waals surface area contributed by atoms with Gasteiger partial charge in [0.05, 0.1) is 17.3 Å². The van der Waals surface area contributed by atoms with E-state index in [0.29, 0.717) is 6.42 Å². The van der Waals surface area contributed by atoms with Gasteiger partial charge in [0.2, 0.25) is 0 Å². The summed E-state index contributed by atoms with van der Waals surface area (Å²) in [5, 5.41) is 9.51. The van der Waals surface area contributed by atoms with Crippen molar-refractivity contribution in [3.05, 3.63) is 23.5 Å². The summed E-state index contributed by atoms with van der Waals surface area (Å²) in [6.45, 7) is 11.9. The van der Waals surface area contributed by atoms with Gasteiger partial charge in [0, 0.05) is 17.4 Å². The largest absolute Gasteiger partial charge is 0.496 e. The minimum absolute atomic E-state index is 0.357. The van der Waals surface area contributed by atoms with E-state index in [0.717, 1.165) is 16.7 Å². The second-order valence-corrected chi connectivity index (χ2v) is 6.66. The van der Waals surface area contributed by atoms with Crippen LogP contribution in [-0.2, 0) is 15.7 Å². The fraction of sp³-hybridized carbons (Fsp3) is 0.667. The van der Waals surface area contributed by atoms with Gasteiger partial charge in [0.15, 0.2) is 0 Å². The highest BCUT2D eigenvalue weighted by Gasteiger charge is 2.52. The lowest BCUT2D eigenvalue weighted by Crippen LogP contribution is -2.41. The third-order valence-corrected chi connectivity index (χ3v) is 4.22. The number of aromatic nitrogens is 1. The normalized spacial score (nSPS) is 22.1. The Morgan fingerprint density at radius 3 is 2.30 bits per heavy atom. The third kappa shape index (κ3) is 2.90. The lowest BCUT2D eigenvalue weighted by Gasteiger charge is -2.32. The first-order valence-electron chi connectivity index (χ1n) is 7.11. The number of hydrogen-bond acceptors (Lipinski definition) is 4. The molecule has 1 saturated heterocycles. The van der Waals surface area contributed by atoms with E-state index in [1.807, 2.05) is 40.7 Å². The van der Waals surface area contributed by atoms with E-state index >= 15 is 0 Å². The molecular weight excluding hydrogens is 253 g/mol. The Labute approximate surface area is 121 Å². The fourth-order valence-electron chi connectivity index (χ4n) is 2.26. The van der Waals surface area contributed by atoms with Gasteiger partial charge in [-0.15, -0.1) is 0 Å². The lowest BCUT2D eigenvalue weighted by molar-refractivity contribution is 0.00578. The zero-order valence-corrected chi connectivity index (χ0v) is 13.2. The number of pyridine rings is 1. The Morgan fingerprint density at radius 2 is 1.80 bits per heavy atom. The van der Waals surface area contributed by atoms with Crippen molar-refractivity contribution in [1.82, 2.24) is 4.98 Å². The van der Waals surface area contributed by atoms with Crippen LogP contribution in [0.1, 0.15) is 45.9 Å². The number of aliphatic hydroxyl groups excluding tert-OH is 1. The van der Waals surface area contributed by atoms with Crippen LogP contribution >= 0.6 is 0 Å². The molecule has 4 nitrogen and oxygen atoms in total. The molecule has 0 aromatic carbocycles. The van der Waals surface area contributed by atoms with E-state index in [1.54, 1.807) is 13.1 Å². The van der Waals surface area contributed by atoms with Gasteiger partial charge in [-0.3, -0.25) is 4.98 Å². The Kier molecular flexibility index (Phi) is 3.97. The van der Waals surface area contributed by atoms with Crippen molar-refractivity contribution in [1.29, 1.82) is 0 Å². The van der Waals surface area contributed by atoms with Crippen LogP contribution in [-0.4, -0.2) is 34.5 Å². The third-order valence-electron chi connectivity index (χ3n) is 4.22. The molecule has 20 heavy (non-hydrogen) atoms. The summed E-state index contributed by atoms with van der Waals surface area (Å²) in [7, 11) is -0.401. The SMILES string of the molecule is Cc1ncc(CC(C)O)cc1B1OC(C)(C)C(C)(C)O1. The molecule has 0 bridgehead atoms. The standard InChI is InChI=1S/C15H24BNO3/c1-10(18)7-12-8-13(11(2)17-9-12)16-19-14(3,4)15(5,6)20-16/h8-10,18H,7H2,1-6H3. The first-order valence-corrected chi connectivity index (χ1v) is 7.11. The van der Waals surface area contributed by atoms with Crippen molar-refractivity contribution in [3.8, 4) is 0 Å². The van der Waals surface area contributed by atoms with E-state index in [2.05, 4.69) is 4.98 Å². The summed E-state index contributed by atoms with van der Waals surface area (Å²) < 4.78 is 12.1. The van der Waals surface area contributed by atoms with Crippen molar-refractivity contribution in [2.75, 3.05) is 0 Å². The van der Waals surface area contributed by atoms with Gasteiger partial charge < -0.3 is 14.4 Å². The van der Waals surface area contributed by atoms with Crippen molar-refractivity contribution in [2.24, 2.45) is 0 Å². The molecule has 1 unspecified atom stereocenters. The maximum Gasteiger partial charge on any atom is 0.496 e. The summed E-state index contributed by atoms with van der Waals surface area (Å²) in [4.78, 5) is 4.40. The van der Waals surface area contributed by atoms with E-state index in [9.17, 15) is 5.11 Å². The minimum atomic E-state index is -0.401. The van der Waals surface area contributed by atoms with E-state index in [1.165, 1.54) is 0 Å². The van der Waals surface area contributed by atoms with Gasteiger partial charge >= 0.3 is 7.12 Å². The molecule has 1 aromatic rings. The van der Waals surface area contributed by atoms with Crippen molar-refractivity contribution >= 4 is 12.6 Å². The fourth-order valence-corrected chi connectivity index (χ4v) is 2.26. The van der Waals surface area contributed by atoms with Crippen LogP contribution in [0.2, 0.25) is 0 Å². The number of nitrogens with zero attached hydrogens (tertiary/aromatic N) is 1. The van der Waals surface area contributed by atoms with Crippen LogP contribution in [0.25, 0.3) is 0 Å². The second kappa shape index (κ2) is 5.13. The smallest absolute Gasteiger partial charge is 0.399 e. The topological polar surface area (TPSA) is 51.6 Å². The van der Waals surface area contributed by atoms with Gasteiger partial charge in [0.25, 0.3) is 0 Å². The van der Waals surface area contributed by atoms with E-state index in [-0.39, 0.29) is 17.3 Å². The van der Waals surface area contributed by atoms with Crippen LogP contribution in [0.3, 0.4) is 0 Å². The predicted octanol–water partition coefficient (Wildman–Crippen LogP) is 1.61. The summed E-state index contributed by atoms with van der Waals surface area (Å²) in [6.07, 6.45) is 2.00. The van der Waals surface area contributed by atoms with Gasteiger partial charge in [-0.1, -0.05) is 6.07 Å². The molecule has 0 amide bonds. The second-order valence-electron chi connectivity index (χ2n) is 6.66. The van der Waals surface area contributed by atoms with Gasteiger partial charge in [-0.2, -0.15) is 0 Å². The number of rotatable bonds is 3. The molecular formula is C15H24BNO3. The molecule has 0 aliphatic carbocycles. The number of aryl methyl sites for hydroxylation is 1. The van der Waals surface area contributed by atoms with Crippen molar-refractivity contribution < 1.29 is 14.4 Å². The monoisotopic (exact) mass is 277 g/mol. The molecule has 1 N–H and O–H groups in total. The molecule has 0 spiro atoms. The van der Waals surface area contributed by atoms with Crippen LogP contribution in [0.15, 0.2) is 12.3 Å². The lowest BCUT2D eigenvalue weighted by atomic mass is 9.77. The first-order chi connectivity index (χ1) is 9.12.